The van der Waals surface area contributed by atoms with Gasteiger partial charge in [-0.2, -0.15) is 19.9 Å². The molecule has 4 rings (SSSR count). The molecule has 1 saturated carbocycles. The molecule has 3 aromatic heterocycles. The molecule has 0 saturated heterocycles. The average Bonchev–Trinajstić information content (AvgIpc) is 3.14. The fraction of sp³-hybridized carbons (Fsp3) is 0.471. The van der Waals surface area contributed by atoms with Crippen LogP contribution >= 0.6 is 0 Å². The zero-order valence-corrected chi connectivity index (χ0v) is 14.6. The van der Waals surface area contributed by atoms with Gasteiger partial charge >= 0.3 is 0 Å². The number of rotatable bonds is 6. The number of aromatic amines is 1. The third-order valence-corrected chi connectivity index (χ3v) is 4.40. The van der Waals surface area contributed by atoms with Gasteiger partial charge < -0.3 is 10.3 Å². The highest BCUT2D eigenvalue weighted by Gasteiger charge is 2.26. The number of H-pyrrole nitrogens is 1. The largest absolute Gasteiger partial charge is 0.346 e. The summed E-state index contributed by atoms with van der Waals surface area (Å²) in [7, 11) is 0. The van der Waals surface area contributed by atoms with Gasteiger partial charge in [0.1, 0.15) is 5.65 Å². The topological polar surface area (TPSA) is 96.7 Å². The van der Waals surface area contributed by atoms with Gasteiger partial charge in [-0.25, -0.2) is 4.99 Å². The van der Waals surface area contributed by atoms with E-state index in [9.17, 15) is 0 Å². The van der Waals surface area contributed by atoms with Gasteiger partial charge in [0.15, 0.2) is 11.6 Å². The lowest BCUT2D eigenvalue weighted by molar-refractivity contribution is 0.467. The molecule has 0 aliphatic heterocycles. The number of aromatic nitrogens is 6. The summed E-state index contributed by atoms with van der Waals surface area (Å²) >= 11 is 0. The maximum Gasteiger partial charge on any atom is 0.232 e. The van der Waals surface area contributed by atoms with Crippen LogP contribution in [0.3, 0.4) is 0 Å². The first kappa shape index (κ1) is 15.7. The predicted molar refractivity (Wildman–Crippen MR) is 97.6 cm³/mol. The van der Waals surface area contributed by atoms with Gasteiger partial charge in [-0.15, -0.1) is 5.10 Å². The zero-order valence-electron chi connectivity index (χ0n) is 14.6. The molecular weight excluding hydrogens is 316 g/mol. The Labute approximate surface area is 145 Å². The van der Waals surface area contributed by atoms with E-state index < -0.39 is 0 Å². The van der Waals surface area contributed by atoms with E-state index in [2.05, 4.69) is 42.4 Å². The second kappa shape index (κ2) is 6.27. The van der Waals surface area contributed by atoms with E-state index in [1.165, 1.54) is 12.8 Å². The smallest absolute Gasteiger partial charge is 0.232 e. The number of hydrogen-bond donors (Lipinski definition) is 2. The Hall–Kier alpha value is -2.77. The average molecular weight is 338 g/mol. The van der Waals surface area contributed by atoms with Crippen LogP contribution in [0.2, 0.25) is 0 Å². The summed E-state index contributed by atoms with van der Waals surface area (Å²) in [6, 6.07) is 2.15. The van der Waals surface area contributed by atoms with Crippen molar-refractivity contribution in [2.45, 2.75) is 39.7 Å². The van der Waals surface area contributed by atoms with Gasteiger partial charge in [-0.3, -0.25) is 0 Å². The standard InChI is InChI=1S/C17H22N8/c1-10(2)25-20-9-14(24-25)21-17-22-15-13(6-7-18-15)16(23-17)19-8-11(3)12-4-5-12/h6-12H,4-5H2,1-3H3,(H2,18,21,22,23,24). The summed E-state index contributed by atoms with van der Waals surface area (Å²) in [6.45, 7) is 6.26. The highest BCUT2D eigenvalue weighted by atomic mass is 15.5. The number of nitrogens with zero attached hydrogens (tertiary/aromatic N) is 6. The van der Waals surface area contributed by atoms with Gasteiger partial charge in [0, 0.05) is 12.4 Å². The Morgan fingerprint density at radius 1 is 1.32 bits per heavy atom. The van der Waals surface area contributed by atoms with Crippen LogP contribution in [0.1, 0.15) is 39.7 Å². The van der Waals surface area contributed by atoms with Gasteiger partial charge in [0.05, 0.1) is 17.6 Å². The minimum Gasteiger partial charge on any atom is -0.346 e. The molecule has 1 fully saturated rings. The third-order valence-electron chi connectivity index (χ3n) is 4.40. The maximum absolute atomic E-state index is 4.63. The number of nitrogens with one attached hydrogen (secondary N) is 2. The van der Waals surface area contributed by atoms with Gasteiger partial charge in [-0.05, 0) is 44.6 Å². The van der Waals surface area contributed by atoms with Crippen LogP contribution in [0, 0.1) is 11.8 Å². The van der Waals surface area contributed by atoms with E-state index in [0.717, 1.165) is 17.0 Å². The molecule has 1 aliphatic carbocycles. The van der Waals surface area contributed by atoms with Gasteiger partial charge in [0.25, 0.3) is 0 Å². The summed E-state index contributed by atoms with van der Waals surface area (Å²) in [5.41, 5.74) is 0.750. The Kier molecular flexibility index (Phi) is 3.95. The van der Waals surface area contributed by atoms with Crippen LogP contribution in [0.5, 0.6) is 0 Å². The minimum absolute atomic E-state index is 0.200. The lowest BCUT2D eigenvalue weighted by Gasteiger charge is -2.05. The molecule has 2 N–H and O–H groups in total. The van der Waals surface area contributed by atoms with Gasteiger partial charge in [0.2, 0.25) is 5.95 Å². The SMILES string of the molecule is CC(C=Nc1nc(Nc2cnn(C(C)C)n2)nc2[nH]ccc12)C1CC1. The fourth-order valence-corrected chi connectivity index (χ4v) is 2.71. The first-order valence-electron chi connectivity index (χ1n) is 8.68. The molecule has 25 heavy (non-hydrogen) atoms. The van der Waals surface area contributed by atoms with Crippen molar-refractivity contribution < 1.29 is 0 Å². The van der Waals surface area contributed by atoms with Crippen LogP contribution in [-0.4, -0.2) is 36.2 Å². The molecule has 8 nitrogen and oxygen atoms in total. The van der Waals surface area contributed by atoms with Crippen molar-refractivity contribution in [2.24, 2.45) is 16.8 Å². The van der Waals surface area contributed by atoms with Crippen molar-refractivity contribution in [1.29, 1.82) is 0 Å². The highest BCUT2D eigenvalue weighted by Crippen LogP contribution is 2.36. The lowest BCUT2D eigenvalue weighted by Crippen LogP contribution is -2.05. The number of fused-ring (bicyclic) bond motifs is 1. The Morgan fingerprint density at radius 3 is 2.88 bits per heavy atom. The molecular formula is C17H22N8. The second-order valence-electron chi connectivity index (χ2n) is 6.85. The molecule has 1 atom stereocenters. The number of hydrogen-bond acceptors (Lipinski definition) is 6. The summed E-state index contributed by atoms with van der Waals surface area (Å²) in [5.74, 6) is 2.98. The molecule has 1 unspecified atom stereocenters. The first-order chi connectivity index (χ1) is 12.1. The van der Waals surface area contributed by atoms with Crippen LogP contribution in [0.4, 0.5) is 17.6 Å². The van der Waals surface area contributed by atoms with Crippen LogP contribution < -0.4 is 5.32 Å². The number of aliphatic imine (C=N–C) groups is 1. The van der Waals surface area contributed by atoms with E-state index in [1.54, 1.807) is 11.0 Å². The minimum atomic E-state index is 0.200. The normalized spacial score (nSPS) is 16.2. The van der Waals surface area contributed by atoms with Crippen molar-refractivity contribution in [3.05, 3.63) is 18.5 Å². The molecule has 130 valence electrons. The van der Waals surface area contributed by atoms with Crippen molar-refractivity contribution in [3.8, 4) is 0 Å². The second-order valence-corrected chi connectivity index (χ2v) is 6.85. The van der Waals surface area contributed by atoms with E-state index in [1.807, 2.05) is 32.3 Å². The van der Waals surface area contributed by atoms with Crippen LogP contribution in [0.15, 0.2) is 23.5 Å². The Morgan fingerprint density at radius 2 is 2.16 bits per heavy atom. The monoisotopic (exact) mass is 338 g/mol. The molecule has 0 bridgehead atoms. The maximum atomic E-state index is 4.63. The highest BCUT2D eigenvalue weighted by molar-refractivity contribution is 5.88. The van der Waals surface area contributed by atoms with Crippen LogP contribution in [-0.2, 0) is 0 Å². The first-order valence-corrected chi connectivity index (χ1v) is 8.68. The van der Waals surface area contributed by atoms with E-state index >= 15 is 0 Å². The van der Waals surface area contributed by atoms with Crippen molar-refractivity contribution in [2.75, 3.05) is 5.32 Å². The summed E-state index contributed by atoms with van der Waals surface area (Å²) < 4.78 is 0. The van der Waals surface area contributed by atoms with E-state index in [0.29, 0.717) is 23.5 Å². The van der Waals surface area contributed by atoms with Gasteiger partial charge in [-0.1, -0.05) is 6.92 Å². The summed E-state index contributed by atoms with van der Waals surface area (Å²) in [6.07, 6.45) is 8.12. The molecule has 1 aliphatic rings. The quantitative estimate of drug-likeness (QED) is 0.669. The molecule has 0 aromatic carbocycles. The Bertz CT molecular complexity index is 902. The van der Waals surface area contributed by atoms with E-state index in [4.69, 9.17) is 0 Å². The van der Waals surface area contributed by atoms with Crippen LogP contribution in [0.25, 0.3) is 11.0 Å². The molecule has 0 amide bonds. The van der Waals surface area contributed by atoms with Crippen molar-refractivity contribution >= 4 is 34.8 Å². The lowest BCUT2D eigenvalue weighted by atomic mass is 10.1. The van der Waals surface area contributed by atoms with Crippen molar-refractivity contribution in [3.63, 3.8) is 0 Å². The molecule has 8 heteroatoms. The molecule has 3 aromatic rings. The summed E-state index contributed by atoms with van der Waals surface area (Å²) in [4.78, 5) is 18.4. The molecule has 0 radical (unpaired) electrons. The van der Waals surface area contributed by atoms with Crippen molar-refractivity contribution in [1.82, 2.24) is 29.9 Å². The fourth-order valence-electron chi connectivity index (χ4n) is 2.71. The van der Waals surface area contributed by atoms with E-state index in [-0.39, 0.29) is 6.04 Å². The molecule has 3 heterocycles. The third kappa shape index (κ3) is 3.38. The zero-order chi connectivity index (χ0) is 17.4. The number of anilines is 2. The summed E-state index contributed by atoms with van der Waals surface area (Å²) in [5, 5.41) is 12.6. The Balaban J connectivity index is 1.62. The molecule has 0 spiro atoms. The predicted octanol–water partition coefficient (Wildman–Crippen LogP) is 3.62.